The van der Waals surface area contributed by atoms with Crippen LogP contribution in [0.15, 0.2) is 48.7 Å². The highest BCUT2D eigenvalue weighted by atomic mass is 35.5. The molecule has 2 aromatic rings. The third-order valence-electron chi connectivity index (χ3n) is 2.64. The molecule has 17 heavy (non-hydrogen) atoms. The fourth-order valence-corrected chi connectivity index (χ4v) is 2.02. The highest BCUT2D eigenvalue weighted by Crippen LogP contribution is 2.17. The first-order valence-corrected chi connectivity index (χ1v) is 6.02. The van der Waals surface area contributed by atoms with Crippen molar-refractivity contribution in [3.8, 4) is 0 Å². The van der Waals surface area contributed by atoms with E-state index in [0.29, 0.717) is 0 Å². The Kier molecular flexibility index (Phi) is 4.13. The van der Waals surface area contributed by atoms with Crippen molar-refractivity contribution in [1.82, 2.24) is 4.98 Å². The van der Waals surface area contributed by atoms with Gasteiger partial charge >= 0.3 is 0 Å². The molecule has 2 rings (SSSR count). The van der Waals surface area contributed by atoms with Crippen LogP contribution < -0.4 is 5.73 Å². The molecule has 1 unspecified atom stereocenters. The molecule has 2 N–H and O–H groups in total. The van der Waals surface area contributed by atoms with E-state index in [4.69, 9.17) is 17.3 Å². The minimum Gasteiger partial charge on any atom is -0.327 e. The first-order chi connectivity index (χ1) is 8.25. The second-order valence-electron chi connectivity index (χ2n) is 4.08. The second kappa shape index (κ2) is 5.80. The highest BCUT2D eigenvalue weighted by Gasteiger charge is 2.08. The minimum atomic E-state index is 0.0461. The summed E-state index contributed by atoms with van der Waals surface area (Å²) in [5, 5.41) is 0.781. The van der Waals surface area contributed by atoms with Gasteiger partial charge in [-0.3, -0.25) is 4.98 Å². The van der Waals surface area contributed by atoms with Gasteiger partial charge in [0.1, 0.15) is 0 Å². The number of rotatable bonds is 4. The molecule has 0 radical (unpaired) electrons. The van der Waals surface area contributed by atoms with Gasteiger partial charge in [-0.1, -0.05) is 35.9 Å². The van der Waals surface area contributed by atoms with E-state index >= 15 is 0 Å². The molecule has 0 amide bonds. The van der Waals surface area contributed by atoms with Crippen LogP contribution in [0, 0.1) is 0 Å². The van der Waals surface area contributed by atoms with Gasteiger partial charge < -0.3 is 5.73 Å². The molecule has 0 aliphatic carbocycles. The normalized spacial score (nSPS) is 12.4. The maximum Gasteiger partial charge on any atom is 0.0438 e. The lowest BCUT2D eigenvalue weighted by Crippen LogP contribution is -2.26. The molecule has 0 saturated heterocycles. The Morgan fingerprint density at radius 3 is 2.53 bits per heavy atom. The fraction of sp³-hybridized carbons (Fsp3) is 0.214. The van der Waals surface area contributed by atoms with Crippen molar-refractivity contribution in [1.29, 1.82) is 0 Å². The van der Waals surface area contributed by atoms with Crippen LogP contribution in [0.1, 0.15) is 11.3 Å². The van der Waals surface area contributed by atoms with Gasteiger partial charge in [0.15, 0.2) is 0 Å². The standard InChI is InChI=1S/C14H15ClN2/c15-14-7-2-1-5-11(14)9-12(16)10-13-6-3-4-8-17-13/h1-8,12H,9-10,16H2. The number of benzene rings is 1. The number of nitrogens with two attached hydrogens (primary N) is 1. The summed E-state index contributed by atoms with van der Waals surface area (Å²) < 4.78 is 0. The third kappa shape index (κ3) is 3.55. The summed E-state index contributed by atoms with van der Waals surface area (Å²) in [6.45, 7) is 0. The molecule has 0 fully saturated rings. The first kappa shape index (κ1) is 12.1. The number of halogens is 1. The number of hydrogen-bond donors (Lipinski definition) is 1. The van der Waals surface area contributed by atoms with E-state index in [1.165, 1.54) is 0 Å². The van der Waals surface area contributed by atoms with Gasteiger partial charge in [0.05, 0.1) is 0 Å². The van der Waals surface area contributed by atoms with Crippen molar-refractivity contribution >= 4 is 11.6 Å². The Labute approximate surface area is 106 Å². The summed E-state index contributed by atoms with van der Waals surface area (Å²) in [7, 11) is 0. The zero-order valence-corrected chi connectivity index (χ0v) is 10.3. The molecule has 1 aromatic heterocycles. The van der Waals surface area contributed by atoms with Crippen molar-refractivity contribution in [3.05, 3.63) is 64.9 Å². The number of nitrogens with zero attached hydrogens (tertiary/aromatic N) is 1. The van der Waals surface area contributed by atoms with Gasteiger partial charge in [-0.2, -0.15) is 0 Å². The number of pyridine rings is 1. The fourth-order valence-electron chi connectivity index (χ4n) is 1.81. The summed E-state index contributed by atoms with van der Waals surface area (Å²) in [5.41, 5.74) is 8.22. The molecule has 2 nitrogen and oxygen atoms in total. The number of aromatic nitrogens is 1. The Morgan fingerprint density at radius 2 is 1.82 bits per heavy atom. The monoisotopic (exact) mass is 246 g/mol. The minimum absolute atomic E-state index is 0.0461. The van der Waals surface area contributed by atoms with Crippen molar-refractivity contribution in [2.45, 2.75) is 18.9 Å². The van der Waals surface area contributed by atoms with Crippen LogP contribution in [-0.4, -0.2) is 11.0 Å². The zero-order valence-electron chi connectivity index (χ0n) is 9.51. The lowest BCUT2D eigenvalue weighted by molar-refractivity contribution is 0.654. The average molecular weight is 247 g/mol. The van der Waals surface area contributed by atoms with Crippen LogP contribution >= 0.6 is 11.6 Å². The molecule has 88 valence electrons. The van der Waals surface area contributed by atoms with Crippen LogP contribution in [0.5, 0.6) is 0 Å². The molecule has 3 heteroatoms. The maximum atomic E-state index is 6.11. The summed E-state index contributed by atoms with van der Waals surface area (Å²) in [6.07, 6.45) is 3.33. The topological polar surface area (TPSA) is 38.9 Å². The summed E-state index contributed by atoms with van der Waals surface area (Å²) >= 11 is 6.10. The molecule has 0 spiro atoms. The highest BCUT2D eigenvalue weighted by molar-refractivity contribution is 6.31. The molecule has 0 bridgehead atoms. The maximum absolute atomic E-state index is 6.11. The summed E-state index contributed by atoms with van der Waals surface area (Å²) in [5.74, 6) is 0. The van der Waals surface area contributed by atoms with E-state index in [1.807, 2.05) is 42.5 Å². The lowest BCUT2D eigenvalue weighted by atomic mass is 10.0. The molecule has 1 aromatic carbocycles. The zero-order chi connectivity index (χ0) is 12.1. The van der Waals surface area contributed by atoms with Crippen molar-refractivity contribution < 1.29 is 0 Å². The van der Waals surface area contributed by atoms with E-state index in [2.05, 4.69) is 4.98 Å². The molecule has 1 atom stereocenters. The SMILES string of the molecule is NC(Cc1ccccn1)Cc1ccccc1Cl. The Bertz CT molecular complexity index is 471. The predicted octanol–water partition coefficient (Wildman–Crippen LogP) is 2.85. The van der Waals surface area contributed by atoms with Crippen LogP contribution in [0.25, 0.3) is 0 Å². The van der Waals surface area contributed by atoms with Gasteiger partial charge in [0.25, 0.3) is 0 Å². The van der Waals surface area contributed by atoms with E-state index in [0.717, 1.165) is 29.1 Å². The molecule has 0 saturated carbocycles. The lowest BCUT2D eigenvalue weighted by Gasteiger charge is -2.12. The van der Waals surface area contributed by atoms with E-state index in [-0.39, 0.29) is 6.04 Å². The molecular weight excluding hydrogens is 232 g/mol. The van der Waals surface area contributed by atoms with E-state index in [1.54, 1.807) is 6.20 Å². The quantitative estimate of drug-likeness (QED) is 0.901. The average Bonchev–Trinajstić information content (AvgIpc) is 2.33. The molecular formula is C14H15ClN2. The summed E-state index contributed by atoms with van der Waals surface area (Å²) in [4.78, 5) is 4.27. The van der Waals surface area contributed by atoms with Crippen molar-refractivity contribution in [2.24, 2.45) is 5.73 Å². The van der Waals surface area contributed by atoms with Crippen molar-refractivity contribution in [2.75, 3.05) is 0 Å². The third-order valence-corrected chi connectivity index (χ3v) is 3.01. The second-order valence-corrected chi connectivity index (χ2v) is 4.49. The number of hydrogen-bond acceptors (Lipinski definition) is 2. The molecule has 0 aliphatic heterocycles. The Balaban J connectivity index is 1.98. The van der Waals surface area contributed by atoms with Gasteiger partial charge in [0.2, 0.25) is 0 Å². The molecule has 0 aliphatic rings. The predicted molar refractivity (Wildman–Crippen MR) is 71.1 cm³/mol. The Morgan fingerprint density at radius 1 is 1.06 bits per heavy atom. The summed E-state index contributed by atoms with van der Waals surface area (Å²) in [6, 6.07) is 13.7. The van der Waals surface area contributed by atoms with Crippen LogP contribution in [-0.2, 0) is 12.8 Å². The van der Waals surface area contributed by atoms with Gasteiger partial charge in [-0.25, -0.2) is 0 Å². The van der Waals surface area contributed by atoms with Crippen LogP contribution in [0.3, 0.4) is 0 Å². The van der Waals surface area contributed by atoms with Gasteiger partial charge in [-0.05, 0) is 30.2 Å². The van der Waals surface area contributed by atoms with Gasteiger partial charge in [-0.15, -0.1) is 0 Å². The van der Waals surface area contributed by atoms with Gasteiger partial charge in [0, 0.05) is 29.4 Å². The largest absolute Gasteiger partial charge is 0.327 e. The van der Waals surface area contributed by atoms with Crippen LogP contribution in [0.4, 0.5) is 0 Å². The first-order valence-electron chi connectivity index (χ1n) is 5.64. The van der Waals surface area contributed by atoms with Crippen LogP contribution in [0.2, 0.25) is 5.02 Å². The smallest absolute Gasteiger partial charge is 0.0438 e. The van der Waals surface area contributed by atoms with E-state index in [9.17, 15) is 0 Å². The molecule has 1 heterocycles. The van der Waals surface area contributed by atoms with E-state index < -0.39 is 0 Å². The Hall–Kier alpha value is -1.38. The van der Waals surface area contributed by atoms with Crippen molar-refractivity contribution in [3.63, 3.8) is 0 Å².